The number of benzene rings is 2. The molecule has 0 atom stereocenters. The number of nitrogens with zero attached hydrogens (tertiary/aromatic N) is 1. The molecule has 0 aliphatic rings. The van der Waals surface area contributed by atoms with Gasteiger partial charge in [-0.25, -0.2) is 14.2 Å². The van der Waals surface area contributed by atoms with Gasteiger partial charge in [0.05, 0.1) is 0 Å². The van der Waals surface area contributed by atoms with Crippen LogP contribution < -0.4 is 4.74 Å². The van der Waals surface area contributed by atoms with E-state index in [4.69, 9.17) is 4.74 Å². The van der Waals surface area contributed by atoms with Gasteiger partial charge in [0.25, 0.3) is 5.88 Å². The van der Waals surface area contributed by atoms with Crippen molar-refractivity contribution in [2.24, 2.45) is 0 Å². The maximum absolute atomic E-state index is 13.7. The van der Waals surface area contributed by atoms with Gasteiger partial charge in [-0.2, -0.15) is 0 Å². The van der Waals surface area contributed by atoms with Crippen molar-refractivity contribution in [3.8, 4) is 11.6 Å². The average Bonchev–Trinajstić information content (AvgIpc) is 2.49. The fourth-order valence-corrected chi connectivity index (χ4v) is 2.06. The summed E-state index contributed by atoms with van der Waals surface area (Å²) in [6.45, 7) is 0. The predicted octanol–water partition coefficient (Wildman–Crippen LogP) is 3.86. The van der Waals surface area contributed by atoms with Gasteiger partial charge in [0.2, 0.25) is 0 Å². The number of hydrogen-bond acceptors (Lipinski definition) is 3. The van der Waals surface area contributed by atoms with Crippen molar-refractivity contribution >= 4 is 16.7 Å². The summed E-state index contributed by atoms with van der Waals surface area (Å²) in [5.74, 6) is -1.97. The molecule has 0 fully saturated rings. The van der Waals surface area contributed by atoms with Gasteiger partial charge in [-0.3, -0.25) is 0 Å². The molecule has 0 saturated carbocycles. The molecule has 1 heterocycles. The molecule has 104 valence electrons. The van der Waals surface area contributed by atoms with Gasteiger partial charge in [-0.15, -0.1) is 0 Å². The van der Waals surface area contributed by atoms with Crippen LogP contribution in [-0.2, 0) is 0 Å². The van der Waals surface area contributed by atoms with Crippen LogP contribution in [-0.4, -0.2) is 16.1 Å². The second-order valence-corrected chi connectivity index (χ2v) is 4.36. The average molecular weight is 283 g/mol. The third-order valence-electron chi connectivity index (χ3n) is 3.03. The number of hydrogen-bond donors (Lipinski definition) is 1. The highest BCUT2D eigenvalue weighted by Crippen LogP contribution is 2.33. The first-order chi connectivity index (χ1) is 10.2. The molecule has 5 heteroatoms. The number of pyridine rings is 1. The maximum atomic E-state index is 13.7. The lowest BCUT2D eigenvalue weighted by Gasteiger charge is -2.11. The first kappa shape index (κ1) is 13.1. The fraction of sp³-hybridized carbons (Fsp3) is 0. The SMILES string of the molecule is O=C(O)c1ccc2ccccc2c1Oc1ncccc1F. The van der Waals surface area contributed by atoms with Crippen molar-refractivity contribution in [1.29, 1.82) is 0 Å². The Morgan fingerprint density at radius 3 is 2.67 bits per heavy atom. The van der Waals surface area contributed by atoms with E-state index in [0.717, 1.165) is 5.39 Å². The minimum absolute atomic E-state index is 0.0428. The van der Waals surface area contributed by atoms with E-state index < -0.39 is 11.8 Å². The molecule has 0 amide bonds. The minimum Gasteiger partial charge on any atom is -0.478 e. The molecule has 4 nitrogen and oxygen atoms in total. The summed E-state index contributed by atoms with van der Waals surface area (Å²) in [7, 11) is 0. The van der Waals surface area contributed by atoms with Gasteiger partial charge in [-0.1, -0.05) is 30.3 Å². The highest BCUT2D eigenvalue weighted by molar-refractivity contribution is 6.00. The van der Waals surface area contributed by atoms with Crippen molar-refractivity contribution in [3.05, 3.63) is 66.1 Å². The van der Waals surface area contributed by atoms with Crippen molar-refractivity contribution in [3.63, 3.8) is 0 Å². The van der Waals surface area contributed by atoms with E-state index in [1.807, 2.05) is 12.1 Å². The molecule has 0 aliphatic heterocycles. The molecule has 0 bridgehead atoms. The number of fused-ring (bicyclic) bond motifs is 1. The van der Waals surface area contributed by atoms with Crippen LogP contribution in [0.4, 0.5) is 4.39 Å². The van der Waals surface area contributed by atoms with Gasteiger partial charge < -0.3 is 9.84 Å². The predicted molar refractivity (Wildman–Crippen MR) is 75.2 cm³/mol. The Bertz CT molecular complexity index is 833. The summed E-state index contributed by atoms with van der Waals surface area (Å²) in [5.41, 5.74) is -0.0428. The number of ether oxygens (including phenoxy) is 1. The topological polar surface area (TPSA) is 59.4 Å². The van der Waals surface area contributed by atoms with Crippen molar-refractivity contribution in [1.82, 2.24) is 4.98 Å². The lowest BCUT2D eigenvalue weighted by molar-refractivity contribution is 0.0694. The number of carboxylic acid groups (broad SMARTS) is 1. The second kappa shape index (κ2) is 5.20. The lowest BCUT2D eigenvalue weighted by Crippen LogP contribution is -2.02. The molecular weight excluding hydrogens is 273 g/mol. The van der Waals surface area contributed by atoms with Gasteiger partial charge in [0, 0.05) is 11.6 Å². The van der Waals surface area contributed by atoms with E-state index in [9.17, 15) is 14.3 Å². The Kier molecular flexibility index (Phi) is 3.23. The molecule has 0 unspecified atom stereocenters. The zero-order valence-electron chi connectivity index (χ0n) is 10.8. The summed E-state index contributed by atoms with van der Waals surface area (Å²) < 4.78 is 19.1. The van der Waals surface area contributed by atoms with Crippen molar-refractivity contribution < 1.29 is 19.0 Å². The molecule has 0 radical (unpaired) electrons. The van der Waals surface area contributed by atoms with Crippen LogP contribution in [0.3, 0.4) is 0 Å². The third kappa shape index (κ3) is 2.41. The van der Waals surface area contributed by atoms with E-state index in [-0.39, 0.29) is 17.2 Å². The zero-order chi connectivity index (χ0) is 14.8. The number of carboxylic acids is 1. The summed E-state index contributed by atoms with van der Waals surface area (Å²) in [4.78, 5) is 15.1. The smallest absolute Gasteiger partial charge is 0.339 e. The first-order valence-corrected chi connectivity index (χ1v) is 6.20. The third-order valence-corrected chi connectivity index (χ3v) is 3.03. The van der Waals surface area contributed by atoms with Crippen molar-refractivity contribution in [2.75, 3.05) is 0 Å². The summed E-state index contributed by atoms with van der Waals surface area (Å²) >= 11 is 0. The van der Waals surface area contributed by atoms with Crippen LogP contribution in [0.5, 0.6) is 11.6 Å². The Hall–Kier alpha value is -2.95. The van der Waals surface area contributed by atoms with E-state index >= 15 is 0 Å². The van der Waals surface area contributed by atoms with Crippen LogP contribution in [0.15, 0.2) is 54.7 Å². The molecule has 3 rings (SSSR count). The molecule has 0 saturated heterocycles. The monoisotopic (exact) mass is 283 g/mol. The van der Waals surface area contributed by atoms with Gasteiger partial charge in [-0.05, 0) is 23.6 Å². The molecule has 1 aromatic heterocycles. The number of aromatic carboxylic acids is 1. The highest BCUT2D eigenvalue weighted by atomic mass is 19.1. The fourth-order valence-electron chi connectivity index (χ4n) is 2.06. The van der Waals surface area contributed by atoms with Gasteiger partial charge in [0.15, 0.2) is 11.6 Å². The lowest BCUT2D eigenvalue weighted by atomic mass is 10.1. The van der Waals surface area contributed by atoms with E-state index in [0.29, 0.717) is 5.39 Å². The van der Waals surface area contributed by atoms with Crippen LogP contribution in [0.1, 0.15) is 10.4 Å². The number of rotatable bonds is 3. The van der Waals surface area contributed by atoms with Crippen LogP contribution in [0.2, 0.25) is 0 Å². The quantitative estimate of drug-likeness (QED) is 0.792. The van der Waals surface area contributed by atoms with Crippen LogP contribution in [0.25, 0.3) is 10.8 Å². The van der Waals surface area contributed by atoms with Crippen LogP contribution >= 0.6 is 0 Å². The van der Waals surface area contributed by atoms with E-state index in [1.165, 1.54) is 24.4 Å². The largest absolute Gasteiger partial charge is 0.478 e. The Morgan fingerprint density at radius 1 is 1.10 bits per heavy atom. The summed E-state index contributed by atoms with van der Waals surface area (Å²) in [6, 6.07) is 12.9. The number of carbonyl (C=O) groups is 1. The van der Waals surface area contributed by atoms with Crippen molar-refractivity contribution in [2.45, 2.75) is 0 Å². The molecule has 0 aliphatic carbocycles. The Balaban J connectivity index is 2.21. The maximum Gasteiger partial charge on any atom is 0.339 e. The molecule has 2 aromatic carbocycles. The molecular formula is C16H10FNO3. The number of aromatic nitrogens is 1. The normalized spacial score (nSPS) is 10.5. The zero-order valence-corrected chi connectivity index (χ0v) is 10.8. The first-order valence-electron chi connectivity index (χ1n) is 6.20. The highest BCUT2D eigenvalue weighted by Gasteiger charge is 2.17. The molecule has 3 aromatic rings. The molecule has 1 N–H and O–H groups in total. The van der Waals surface area contributed by atoms with E-state index in [2.05, 4.69) is 4.98 Å². The Morgan fingerprint density at radius 2 is 1.90 bits per heavy atom. The molecule has 0 spiro atoms. The summed E-state index contributed by atoms with van der Waals surface area (Å²) in [5, 5.41) is 10.7. The minimum atomic E-state index is -1.15. The number of halogens is 1. The van der Waals surface area contributed by atoms with Gasteiger partial charge >= 0.3 is 5.97 Å². The standard InChI is InChI=1S/C16H10FNO3/c17-13-6-3-9-18-15(13)21-14-11-5-2-1-4-10(11)7-8-12(14)16(19)20/h1-9H,(H,19,20). The van der Waals surface area contributed by atoms with E-state index in [1.54, 1.807) is 18.2 Å². The second-order valence-electron chi connectivity index (χ2n) is 4.36. The van der Waals surface area contributed by atoms with Crippen LogP contribution in [0, 0.1) is 5.82 Å². The summed E-state index contributed by atoms with van der Waals surface area (Å²) in [6.07, 6.45) is 1.38. The Labute approximate surface area is 119 Å². The van der Waals surface area contributed by atoms with Gasteiger partial charge in [0.1, 0.15) is 5.56 Å². The molecule has 21 heavy (non-hydrogen) atoms.